The van der Waals surface area contributed by atoms with Gasteiger partial charge in [-0.15, -0.1) is 0 Å². The van der Waals surface area contributed by atoms with Gasteiger partial charge < -0.3 is 19.7 Å². The molecule has 4 unspecified atom stereocenters. The van der Waals surface area contributed by atoms with Gasteiger partial charge in [-0.3, -0.25) is 4.79 Å². The Morgan fingerprint density at radius 3 is 2.47 bits per heavy atom. The minimum Gasteiger partial charge on any atom is -0.478 e. The average Bonchev–Trinajstić information content (AvgIpc) is 3.18. The van der Waals surface area contributed by atoms with Crippen LogP contribution in [0.15, 0.2) is 29.8 Å². The lowest BCUT2D eigenvalue weighted by Gasteiger charge is -2.60. The number of rotatable bonds is 7. The predicted octanol–water partition coefficient (Wildman–Crippen LogP) is 5.88. The lowest BCUT2D eigenvalue weighted by molar-refractivity contribution is -0.175. The van der Waals surface area contributed by atoms with E-state index in [2.05, 4.69) is 19.9 Å². The first-order chi connectivity index (χ1) is 18.0. The van der Waals surface area contributed by atoms with Gasteiger partial charge in [0, 0.05) is 12.0 Å². The van der Waals surface area contributed by atoms with Crippen molar-refractivity contribution < 1.29 is 29.3 Å². The summed E-state index contributed by atoms with van der Waals surface area (Å²) in [6.45, 7) is 11.2. The van der Waals surface area contributed by atoms with Crippen molar-refractivity contribution in [2.75, 3.05) is 6.61 Å². The monoisotopic (exact) mass is 524 g/mol. The van der Waals surface area contributed by atoms with Gasteiger partial charge in [0.15, 0.2) is 5.78 Å². The molecule has 0 spiro atoms. The third-order valence-electron chi connectivity index (χ3n) is 11.2. The number of Topliss-reactive ketones (excluding diaryl/α,β-unsaturated/α-hetero) is 1. The third kappa shape index (κ3) is 4.01. The van der Waals surface area contributed by atoms with E-state index < -0.39 is 17.7 Å². The molecule has 6 heteroatoms. The van der Waals surface area contributed by atoms with Crippen LogP contribution in [0, 0.1) is 35.5 Å². The molecule has 2 N–H and O–H groups in total. The number of aryl methyl sites for hydroxylation is 1. The number of aliphatic hydroxyl groups is 1. The number of allylic oxidation sites excluding steroid dienone is 1. The molecule has 0 amide bonds. The summed E-state index contributed by atoms with van der Waals surface area (Å²) < 4.78 is 12.8. The first kappa shape index (κ1) is 27.5. The van der Waals surface area contributed by atoms with Crippen LogP contribution in [0.25, 0.3) is 0 Å². The highest BCUT2D eigenvalue weighted by Gasteiger charge is 2.66. The van der Waals surface area contributed by atoms with E-state index in [1.165, 1.54) is 5.57 Å². The maximum absolute atomic E-state index is 13.0. The molecule has 1 aromatic carbocycles. The van der Waals surface area contributed by atoms with Gasteiger partial charge in [0.25, 0.3) is 0 Å². The van der Waals surface area contributed by atoms with Crippen LogP contribution < -0.4 is 0 Å². The molecule has 5 rings (SSSR count). The van der Waals surface area contributed by atoms with Gasteiger partial charge in [-0.25, -0.2) is 4.79 Å². The van der Waals surface area contributed by atoms with Crippen molar-refractivity contribution in [2.24, 2.45) is 28.6 Å². The molecule has 0 aliphatic heterocycles. The average molecular weight is 525 g/mol. The molecule has 0 saturated heterocycles. The Morgan fingerprint density at radius 2 is 1.82 bits per heavy atom. The van der Waals surface area contributed by atoms with E-state index in [1.807, 2.05) is 19.9 Å². The second kappa shape index (κ2) is 9.87. The van der Waals surface area contributed by atoms with Gasteiger partial charge in [-0.05, 0) is 118 Å². The van der Waals surface area contributed by atoms with Gasteiger partial charge in [0.2, 0.25) is 0 Å². The van der Waals surface area contributed by atoms with Crippen LogP contribution in [0.3, 0.4) is 0 Å². The largest absolute Gasteiger partial charge is 0.478 e. The first-order valence-corrected chi connectivity index (χ1v) is 14.5. The topological polar surface area (TPSA) is 93.1 Å². The van der Waals surface area contributed by atoms with E-state index >= 15 is 0 Å². The molecule has 1 aromatic rings. The van der Waals surface area contributed by atoms with Crippen LogP contribution in [0.5, 0.6) is 0 Å². The number of carbonyl (C=O) groups is 2. The fraction of sp³-hybridized carbons (Fsp3) is 0.688. The van der Waals surface area contributed by atoms with E-state index in [-0.39, 0.29) is 28.3 Å². The molecular weight excluding hydrogens is 480 g/mol. The zero-order valence-corrected chi connectivity index (χ0v) is 23.6. The Hall–Kier alpha value is -2.02. The number of carboxylic acids is 1. The van der Waals surface area contributed by atoms with Crippen LogP contribution >= 0.6 is 0 Å². The molecule has 0 radical (unpaired) electrons. The fourth-order valence-corrected chi connectivity index (χ4v) is 9.23. The summed E-state index contributed by atoms with van der Waals surface area (Å²) in [5.41, 5.74) is 2.50. The summed E-state index contributed by atoms with van der Waals surface area (Å²) in [5.74, 6) is 0.703. The predicted molar refractivity (Wildman–Crippen MR) is 145 cm³/mol. The molecule has 4 aliphatic rings. The lowest BCUT2D eigenvalue weighted by atomic mass is 9.46. The highest BCUT2D eigenvalue weighted by Crippen LogP contribution is 2.68. The van der Waals surface area contributed by atoms with Crippen molar-refractivity contribution in [3.05, 3.63) is 46.5 Å². The number of hydrogen-bond donors (Lipinski definition) is 2. The van der Waals surface area contributed by atoms with Crippen molar-refractivity contribution in [1.82, 2.24) is 0 Å². The zero-order chi connectivity index (χ0) is 27.5. The van der Waals surface area contributed by atoms with E-state index in [0.717, 1.165) is 49.7 Å². The van der Waals surface area contributed by atoms with Crippen molar-refractivity contribution in [2.45, 2.75) is 104 Å². The number of aliphatic hydroxyl groups excluding tert-OH is 1. The Kier molecular flexibility index (Phi) is 7.15. The van der Waals surface area contributed by atoms with Crippen molar-refractivity contribution in [1.29, 1.82) is 0 Å². The van der Waals surface area contributed by atoms with Crippen molar-refractivity contribution in [3.63, 3.8) is 0 Å². The Balaban J connectivity index is 1.40. The summed E-state index contributed by atoms with van der Waals surface area (Å²) in [6.07, 6.45) is 7.96. The molecule has 3 fully saturated rings. The number of carboxylic acid groups (broad SMARTS) is 1. The number of hydrogen-bond acceptors (Lipinski definition) is 5. The van der Waals surface area contributed by atoms with Crippen LogP contribution in [0.1, 0.15) is 94.1 Å². The number of ether oxygens (including phenoxy) is 2. The van der Waals surface area contributed by atoms with Gasteiger partial charge in [0.1, 0.15) is 11.7 Å². The second-order valence-corrected chi connectivity index (χ2v) is 12.8. The standard InChI is InChI=1S/C32H44O6/c1-6-38-32(20(3)33)16-12-25-23-9-10-26-28(37-18-22-8-7-21(29(35)36)17-19(22)2)27(34)13-14-30(26,4)24(23)11-15-31(25,32)5/h7-8,10,17,23-25,27-28,34H,6,9,11-16,18H2,1-5H3,(H,35,36)/t23?,24?,25?,27-,28?,30+,31-,32+/m0/s1. The second-order valence-electron chi connectivity index (χ2n) is 12.8. The smallest absolute Gasteiger partial charge is 0.335 e. The lowest BCUT2D eigenvalue weighted by Crippen LogP contribution is -2.59. The molecule has 4 aliphatic carbocycles. The zero-order valence-electron chi connectivity index (χ0n) is 23.6. The fourth-order valence-electron chi connectivity index (χ4n) is 9.23. The van der Waals surface area contributed by atoms with Crippen LogP contribution in [0.4, 0.5) is 0 Å². The Morgan fingerprint density at radius 1 is 1.08 bits per heavy atom. The van der Waals surface area contributed by atoms with Gasteiger partial charge in [-0.2, -0.15) is 0 Å². The molecule has 0 heterocycles. The Bertz CT molecular complexity index is 1140. The molecular formula is C32H44O6. The number of aromatic carboxylic acids is 1. The van der Waals surface area contributed by atoms with E-state index in [9.17, 15) is 19.8 Å². The number of carbonyl (C=O) groups excluding carboxylic acids is 1. The minimum atomic E-state index is -0.936. The molecule has 208 valence electrons. The van der Waals surface area contributed by atoms with Crippen LogP contribution in [0.2, 0.25) is 0 Å². The molecule has 0 bridgehead atoms. The Labute approximate surface area is 226 Å². The van der Waals surface area contributed by atoms with Crippen molar-refractivity contribution >= 4 is 11.8 Å². The van der Waals surface area contributed by atoms with Gasteiger partial charge in [0.05, 0.1) is 18.3 Å². The van der Waals surface area contributed by atoms with E-state index in [4.69, 9.17) is 9.47 Å². The van der Waals surface area contributed by atoms with E-state index in [0.29, 0.717) is 37.4 Å². The minimum absolute atomic E-state index is 0.0383. The maximum atomic E-state index is 13.0. The molecule has 3 saturated carbocycles. The van der Waals surface area contributed by atoms with Gasteiger partial charge >= 0.3 is 5.97 Å². The first-order valence-electron chi connectivity index (χ1n) is 14.5. The summed E-state index contributed by atoms with van der Waals surface area (Å²) in [5, 5.41) is 20.3. The highest BCUT2D eigenvalue weighted by molar-refractivity contribution is 5.88. The van der Waals surface area contributed by atoms with Crippen LogP contribution in [-0.2, 0) is 20.9 Å². The molecule has 8 atom stereocenters. The number of fused-ring (bicyclic) bond motifs is 5. The summed E-state index contributed by atoms with van der Waals surface area (Å²) >= 11 is 0. The third-order valence-corrected chi connectivity index (χ3v) is 11.2. The number of benzene rings is 1. The molecule has 0 aromatic heterocycles. The van der Waals surface area contributed by atoms with Gasteiger partial charge in [-0.1, -0.05) is 26.0 Å². The molecule has 38 heavy (non-hydrogen) atoms. The van der Waals surface area contributed by atoms with Crippen molar-refractivity contribution in [3.8, 4) is 0 Å². The van der Waals surface area contributed by atoms with Crippen LogP contribution in [-0.4, -0.2) is 46.4 Å². The summed E-state index contributed by atoms with van der Waals surface area (Å²) in [4.78, 5) is 24.3. The summed E-state index contributed by atoms with van der Waals surface area (Å²) in [6, 6.07) is 5.11. The molecule has 6 nitrogen and oxygen atoms in total. The van der Waals surface area contributed by atoms with E-state index in [1.54, 1.807) is 19.1 Å². The normalized spacial score (nSPS) is 40.1. The SMILES string of the molecule is CCO[C@@]1(C(C)=O)CCC2C3CC=C4C(OCc5ccc(C(=O)O)cc5C)[C@@H](O)CC[C@]4(C)C3CC[C@@]21C. The summed E-state index contributed by atoms with van der Waals surface area (Å²) in [7, 11) is 0. The maximum Gasteiger partial charge on any atom is 0.335 e. The number of ketones is 1. The highest BCUT2D eigenvalue weighted by atomic mass is 16.5. The quantitative estimate of drug-likeness (QED) is 0.433.